The first kappa shape index (κ1) is 19.7. The van der Waals surface area contributed by atoms with Crippen molar-refractivity contribution in [2.75, 3.05) is 32.8 Å². The van der Waals surface area contributed by atoms with Crippen LogP contribution in [0.2, 0.25) is 10.0 Å². The Morgan fingerprint density at radius 1 is 1.11 bits per heavy atom. The van der Waals surface area contributed by atoms with Crippen LogP contribution in [0.4, 0.5) is 0 Å². The molecule has 2 aromatic rings. The summed E-state index contributed by atoms with van der Waals surface area (Å²) < 4.78 is 5.27. The summed E-state index contributed by atoms with van der Waals surface area (Å²) in [6.07, 6.45) is 1.59. The number of aromatic nitrogens is 1. The molecule has 1 N–H and O–H groups in total. The third-order valence-corrected chi connectivity index (χ3v) is 5.01. The maximum absolute atomic E-state index is 12.6. The lowest BCUT2D eigenvalue weighted by Crippen LogP contribution is -2.51. The van der Waals surface area contributed by atoms with Crippen LogP contribution in [0.3, 0.4) is 0 Å². The molecule has 144 valence electrons. The summed E-state index contributed by atoms with van der Waals surface area (Å²) in [5.74, 6) is -0.392. The number of amides is 1. The summed E-state index contributed by atoms with van der Waals surface area (Å²) >= 11 is 11.9. The van der Waals surface area contributed by atoms with E-state index in [1.807, 2.05) is 17.0 Å². The molecule has 1 atom stereocenters. The van der Waals surface area contributed by atoms with Crippen LogP contribution in [0.5, 0.6) is 0 Å². The number of carbonyl (C=O) groups is 2. The van der Waals surface area contributed by atoms with Crippen LogP contribution in [-0.2, 0) is 9.53 Å². The zero-order valence-electron chi connectivity index (χ0n) is 15.0. The van der Waals surface area contributed by atoms with Gasteiger partial charge in [-0.15, -0.1) is 0 Å². The van der Waals surface area contributed by atoms with Gasteiger partial charge >= 0.3 is 5.97 Å². The van der Waals surface area contributed by atoms with E-state index in [2.05, 4.69) is 4.98 Å². The molecular formula is C19H21Cl2N3O3. The van der Waals surface area contributed by atoms with E-state index in [-0.39, 0.29) is 11.9 Å². The molecule has 1 amide bonds. The van der Waals surface area contributed by atoms with E-state index >= 15 is 0 Å². The van der Waals surface area contributed by atoms with E-state index in [1.165, 1.54) is 0 Å². The topological polar surface area (TPSA) is 65.6 Å². The molecule has 6 nitrogen and oxygen atoms in total. The van der Waals surface area contributed by atoms with Crippen LogP contribution < -0.4 is 0 Å². The number of esters is 1. The molecule has 3 rings (SSSR count). The number of ether oxygens (including phenoxy) is 1. The van der Waals surface area contributed by atoms with Crippen molar-refractivity contribution >= 4 is 35.1 Å². The molecule has 27 heavy (non-hydrogen) atoms. The molecule has 1 aliphatic rings. The molecule has 0 aliphatic carbocycles. The van der Waals surface area contributed by atoms with Gasteiger partial charge in [-0.1, -0.05) is 35.3 Å². The van der Waals surface area contributed by atoms with Crippen molar-refractivity contribution in [2.45, 2.75) is 13.0 Å². The second kappa shape index (κ2) is 8.78. The number of rotatable bonds is 5. The first-order valence-electron chi connectivity index (χ1n) is 8.79. The van der Waals surface area contributed by atoms with Crippen LogP contribution in [0.1, 0.15) is 29.0 Å². The van der Waals surface area contributed by atoms with Gasteiger partial charge in [-0.3, -0.25) is 9.69 Å². The smallest absolute Gasteiger partial charge is 0.328 e. The number of benzene rings is 1. The van der Waals surface area contributed by atoms with Crippen molar-refractivity contribution in [1.82, 2.24) is 14.8 Å². The first-order chi connectivity index (χ1) is 13.0. The molecule has 0 bridgehead atoms. The minimum atomic E-state index is -0.514. The number of H-pyrrole nitrogens is 1. The standard InChI is InChI=1S/C19H21Cl2N3O3/c1-2-27-19(26)17(13-3-5-14(20)6-4-13)23-7-9-24(10-8-23)18(25)16-11-15(21)12-22-16/h3-6,11-12,17,22H,2,7-10H2,1H3/t17-/m0/s1. The van der Waals surface area contributed by atoms with Gasteiger partial charge in [0.15, 0.2) is 0 Å². The predicted molar refractivity (Wildman–Crippen MR) is 104 cm³/mol. The van der Waals surface area contributed by atoms with E-state index in [4.69, 9.17) is 27.9 Å². The highest BCUT2D eigenvalue weighted by Crippen LogP contribution is 2.26. The Bertz CT molecular complexity index is 799. The number of piperazine rings is 1. The highest BCUT2D eigenvalue weighted by molar-refractivity contribution is 6.31. The number of hydrogen-bond acceptors (Lipinski definition) is 4. The maximum atomic E-state index is 12.6. The van der Waals surface area contributed by atoms with Crippen LogP contribution in [0.15, 0.2) is 36.5 Å². The fourth-order valence-corrected chi connectivity index (χ4v) is 3.50. The summed E-state index contributed by atoms with van der Waals surface area (Å²) in [5.41, 5.74) is 1.29. The van der Waals surface area contributed by atoms with E-state index in [9.17, 15) is 9.59 Å². The Kier molecular flexibility index (Phi) is 6.42. The third-order valence-electron chi connectivity index (χ3n) is 4.54. The third kappa shape index (κ3) is 4.64. The Labute approximate surface area is 168 Å². The second-order valence-corrected chi connectivity index (χ2v) is 7.14. The lowest BCUT2D eigenvalue weighted by molar-refractivity contribution is -0.150. The first-order valence-corrected chi connectivity index (χ1v) is 9.54. The fraction of sp³-hybridized carbons (Fsp3) is 0.368. The van der Waals surface area contributed by atoms with Crippen LogP contribution in [0.25, 0.3) is 0 Å². The van der Waals surface area contributed by atoms with Gasteiger partial charge in [-0.2, -0.15) is 0 Å². The average molecular weight is 410 g/mol. The van der Waals surface area contributed by atoms with E-state index < -0.39 is 6.04 Å². The summed E-state index contributed by atoms with van der Waals surface area (Å²) in [6, 6.07) is 8.30. The number of carbonyl (C=O) groups excluding carboxylic acids is 2. The molecule has 0 unspecified atom stereocenters. The highest BCUT2D eigenvalue weighted by Gasteiger charge is 2.33. The minimum absolute atomic E-state index is 0.0965. The quantitative estimate of drug-likeness (QED) is 0.768. The monoisotopic (exact) mass is 409 g/mol. The molecule has 2 heterocycles. The lowest BCUT2D eigenvalue weighted by Gasteiger charge is -2.38. The van der Waals surface area contributed by atoms with Gasteiger partial charge in [0, 0.05) is 37.4 Å². The van der Waals surface area contributed by atoms with Gasteiger partial charge in [-0.05, 0) is 30.7 Å². The normalized spacial score (nSPS) is 16.2. The number of nitrogens with one attached hydrogen (secondary N) is 1. The molecule has 8 heteroatoms. The fourth-order valence-electron chi connectivity index (χ4n) is 3.21. The van der Waals surface area contributed by atoms with Crippen molar-refractivity contribution in [1.29, 1.82) is 0 Å². The molecule has 1 aromatic heterocycles. The van der Waals surface area contributed by atoms with Crippen molar-refractivity contribution in [3.05, 3.63) is 57.8 Å². The summed E-state index contributed by atoms with van der Waals surface area (Å²) in [5, 5.41) is 1.11. The van der Waals surface area contributed by atoms with Gasteiger partial charge in [0.05, 0.1) is 11.6 Å². The summed E-state index contributed by atoms with van der Waals surface area (Å²) in [7, 11) is 0. The molecule has 1 aliphatic heterocycles. The molecule has 1 saturated heterocycles. The van der Waals surface area contributed by atoms with Crippen LogP contribution >= 0.6 is 23.2 Å². The molecule has 0 saturated carbocycles. The van der Waals surface area contributed by atoms with Gasteiger partial charge < -0.3 is 14.6 Å². The van der Waals surface area contributed by atoms with Gasteiger partial charge in [0.2, 0.25) is 0 Å². The van der Waals surface area contributed by atoms with Crippen LogP contribution in [-0.4, -0.2) is 59.4 Å². The molecule has 0 spiro atoms. The van der Waals surface area contributed by atoms with Gasteiger partial charge in [0.1, 0.15) is 11.7 Å². The highest BCUT2D eigenvalue weighted by atomic mass is 35.5. The second-order valence-electron chi connectivity index (χ2n) is 6.27. The predicted octanol–water partition coefficient (Wildman–Crippen LogP) is 3.38. The van der Waals surface area contributed by atoms with Gasteiger partial charge in [-0.25, -0.2) is 4.79 Å². The Hall–Kier alpha value is -2.02. The zero-order valence-corrected chi connectivity index (χ0v) is 16.5. The van der Waals surface area contributed by atoms with Crippen LogP contribution in [0, 0.1) is 0 Å². The summed E-state index contributed by atoms with van der Waals surface area (Å²) in [4.78, 5) is 31.8. The lowest BCUT2D eigenvalue weighted by atomic mass is 10.0. The van der Waals surface area contributed by atoms with E-state index in [1.54, 1.807) is 36.2 Å². The average Bonchev–Trinajstić information content (AvgIpc) is 3.10. The van der Waals surface area contributed by atoms with Crippen molar-refractivity contribution in [3.63, 3.8) is 0 Å². The number of aromatic amines is 1. The Morgan fingerprint density at radius 2 is 1.78 bits per heavy atom. The van der Waals surface area contributed by atoms with E-state index in [0.717, 1.165) is 5.56 Å². The molecular weight excluding hydrogens is 389 g/mol. The van der Waals surface area contributed by atoms with Crippen molar-refractivity contribution in [3.8, 4) is 0 Å². The number of nitrogens with zero attached hydrogens (tertiary/aromatic N) is 2. The number of hydrogen-bond donors (Lipinski definition) is 1. The Morgan fingerprint density at radius 3 is 2.33 bits per heavy atom. The molecule has 1 aromatic carbocycles. The zero-order chi connectivity index (χ0) is 19.4. The molecule has 1 fully saturated rings. The minimum Gasteiger partial charge on any atom is -0.465 e. The van der Waals surface area contributed by atoms with Crippen molar-refractivity contribution in [2.24, 2.45) is 0 Å². The van der Waals surface area contributed by atoms with E-state index in [0.29, 0.717) is 48.5 Å². The largest absolute Gasteiger partial charge is 0.465 e. The molecule has 0 radical (unpaired) electrons. The van der Waals surface area contributed by atoms with Gasteiger partial charge in [0.25, 0.3) is 5.91 Å². The van der Waals surface area contributed by atoms with Crippen molar-refractivity contribution < 1.29 is 14.3 Å². The SMILES string of the molecule is CCOC(=O)[C@H](c1ccc(Cl)cc1)N1CCN(C(=O)c2cc(Cl)c[nH]2)CC1. The summed E-state index contributed by atoms with van der Waals surface area (Å²) in [6.45, 7) is 4.25. The number of halogens is 2. The maximum Gasteiger partial charge on any atom is 0.328 e. The Balaban J connectivity index is 1.71.